The number of nitrogens with zero attached hydrogens (tertiary/aromatic N) is 1. The van der Waals surface area contributed by atoms with E-state index >= 15 is 0 Å². The Balaban J connectivity index is 3.10. The molecule has 3 nitrogen and oxygen atoms in total. The maximum atomic E-state index is 8.77. The molecule has 1 aromatic heterocycles. The number of pyridine rings is 1. The van der Waals surface area contributed by atoms with Crippen LogP contribution >= 0.6 is 11.6 Å². The molecule has 0 saturated heterocycles. The summed E-state index contributed by atoms with van der Waals surface area (Å²) in [5.41, 5.74) is 0.624. The first-order chi connectivity index (χ1) is 5.29. The summed E-state index contributed by atoms with van der Waals surface area (Å²) in [5.74, 6) is 0.346. The summed E-state index contributed by atoms with van der Waals surface area (Å²) in [5, 5.41) is 9.14. The van der Waals surface area contributed by atoms with E-state index in [4.69, 9.17) is 21.4 Å². The first-order valence-corrected chi connectivity index (χ1v) is 3.45. The Morgan fingerprint density at radius 2 is 2.45 bits per heavy atom. The molecule has 0 spiro atoms. The molecule has 0 radical (unpaired) electrons. The molecule has 0 aliphatic rings. The Hall–Kier alpha value is -0.800. The highest BCUT2D eigenvalue weighted by Crippen LogP contribution is 2.24. The smallest absolute Gasteiger partial charge is 0.232 e. The number of aliphatic hydroxyl groups is 1. The van der Waals surface area contributed by atoms with Crippen molar-refractivity contribution in [3.63, 3.8) is 0 Å². The van der Waals surface area contributed by atoms with Crippen molar-refractivity contribution in [2.45, 2.75) is 6.61 Å². The van der Waals surface area contributed by atoms with Gasteiger partial charge in [0.25, 0.3) is 0 Å². The molecule has 0 fully saturated rings. The summed E-state index contributed by atoms with van der Waals surface area (Å²) in [4.78, 5) is 3.84. The van der Waals surface area contributed by atoms with Gasteiger partial charge in [0.1, 0.15) is 5.02 Å². The van der Waals surface area contributed by atoms with Crippen LogP contribution in [0.1, 0.15) is 5.56 Å². The van der Waals surface area contributed by atoms with Gasteiger partial charge in [-0.3, -0.25) is 0 Å². The van der Waals surface area contributed by atoms with Gasteiger partial charge in [-0.1, -0.05) is 11.6 Å². The van der Waals surface area contributed by atoms with E-state index < -0.39 is 0 Å². The second-order valence-electron chi connectivity index (χ2n) is 1.95. The van der Waals surface area contributed by atoms with Crippen molar-refractivity contribution in [2.24, 2.45) is 0 Å². The number of ether oxygens (including phenoxy) is 1. The van der Waals surface area contributed by atoms with Crippen LogP contribution in [0.4, 0.5) is 0 Å². The van der Waals surface area contributed by atoms with Crippen molar-refractivity contribution < 1.29 is 9.84 Å². The molecule has 1 rings (SSSR count). The van der Waals surface area contributed by atoms with Crippen LogP contribution in [-0.4, -0.2) is 17.2 Å². The number of halogens is 1. The van der Waals surface area contributed by atoms with Gasteiger partial charge in [-0.2, -0.15) is 0 Å². The van der Waals surface area contributed by atoms with Crippen LogP contribution < -0.4 is 4.74 Å². The summed E-state index contributed by atoms with van der Waals surface area (Å²) in [6, 6.07) is 1.64. The molecule has 4 heteroatoms. The molecule has 0 aliphatic heterocycles. The highest BCUT2D eigenvalue weighted by atomic mass is 35.5. The van der Waals surface area contributed by atoms with Gasteiger partial charge in [0.05, 0.1) is 13.7 Å². The fourth-order valence-corrected chi connectivity index (χ4v) is 0.975. The molecule has 0 aliphatic carbocycles. The molecule has 1 heterocycles. The number of hydrogen-bond donors (Lipinski definition) is 1. The lowest BCUT2D eigenvalue weighted by Gasteiger charge is -2.03. The highest BCUT2D eigenvalue weighted by Gasteiger charge is 2.05. The van der Waals surface area contributed by atoms with E-state index in [1.807, 2.05) is 0 Å². The van der Waals surface area contributed by atoms with Gasteiger partial charge in [-0.15, -0.1) is 0 Å². The molecule has 60 valence electrons. The summed E-state index contributed by atoms with van der Waals surface area (Å²) >= 11 is 5.76. The van der Waals surface area contributed by atoms with Crippen LogP contribution in [0.3, 0.4) is 0 Å². The molecule has 1 N–H and O–H groups in total. The third-order valence-electron chi connectivity index (χ3n) is 1.30. The molecule has 0 atom stereocenters. The van der Waals surface area contributed by atoms with Crippen molar-refractivity contribution in [1.29, 1.82) is 0 Å². The van der Waals surface area contributed by atoms with E-state index in [-0.39, 0.29) is 6.61 Å². The molecule has 0 unspecified atom stereocenters. The minimum Gasteiger partial charge on any atom is -0.480 e. The largest absolute Gasteiger partial charge is 0.480 e. The molecule has 0 saturated carbocycles. The average Bonchev–Trinajstić information content (AvgIpc) is 2.05. The van der Waals surface area contributed by atoms with Crippen molar-refractivity contribution in [3.05, 3.63) is 22.8 Å². The number of hydrogen-bond acceptors (Lipinski definition) is 3. The zero-order chi connectivity index (χ0) is 8.27. The third kappa shape index (κ3) is 1.61. The topological polar surface area (TPSA) is 42.4 Å². The van der Waals surface area contributed by atoms with Crippen LogP contribution in [0.2, 0.25) is 5.02 Å². The molecule has 11 heavy (non-hydrogen) atoms. The van der Waals surface area contributed by atoms with Crippen molar-refractivity contribution >= 4 is 11.6 Å². The zero-order valence-electron chi connectivity index (χ0n) is 6.04. The fraction of sp³-hybridized carbons (Fsp3) is 0.286. The summed E-state index contributed by atoms with van der Waals surface area (Å²) in [7, 11) is 1.48. The van der Waals surface area contributed by atoms with Gasteiger partial charge in [-0.25, -0.2) is 4.98 Å². The molecule has 1 aromatic rings. The maximum absolute atomic E-state index is 8.77. The van der Waals surface area contributed by atoms with E-state index in [1.165, 1.54) is 13.3 Å². The minimum absolute atomic E-state index is 0.0995. The second kappa shape index (κ2) is 3.55. The van der Waals surface area contributed by atoms with Crippen molar-refractivity contribution in [1.82, 2.24) is 4.98 Å². The number of aliphatic hydroxyl groups excluding tert-OH is 1. The molecular weight excluding hydrogens is 166 g/mol. The zero-order valence-corrected chi connectivity index (χ0v) is 6.80. The standard InChI is InChI=1S/C7H8ClNO2/c1-11-7-6(8)5(4-10)2-3-9-7/h2-3,10H,4H2,1H3. The lowest BCUT2D eigenvalue weighted by molar-refractivity contribution is 0.280. The monoisotopic (exact) mass is 173 g/mol. The van der Waals surface area contributed by atoms with Crippen LogP contribution in [0.25, 0.3) is 0 Å². The lowest BCUT2D eigenvalue weighted by Crippen LogP contribution is -1.92. The van der Waals surface area contributed by atoms with Crippen molar-refractivity contribution in [2.75, 3.05) is 7.11 Å². The predicted octanol–water partition coefficient (Wildman–Crippen LogP) is 1.24. The predicted molar refractivity (Wildman–Crippen MR) is 41.7 cm³/mol. The quantitative estimate of drug-likeness (QED) is 0.732. The van der Waals surface area contributed by atoms with Gasteiger partial charge in [0.2, 0.25) is 5.88 Å². The van der Waals surface area contributed by atoms with E-state index in [2.05, 4.69) is 4.98 Å². The SMILES string of the molecule is COc1nccc(CO)c1Cl. The Morgan fingerprint density at radius 3 is 3.00 bits per heavy atom. The molecule has 0 amide bonds. The fourth-order valence-electron chi connectivity index (χ4n) is 0.727. The molecule has 0 aromatic carbocycles. The summed E-state index contributed by atoms with van der Waals surface area (Å²) < 4.78 is 4.83. The summed E-state index contributed by atoms with van der Waals surface area (Å²) in [6.45, 7) is -0.0995. The van der Waals surface area contributed by atoms with E-state index in [9.17, 15) is 0 Å². The Kier molecular flexibility index (Phi) is 2.68. The maximum Gasteiger partial charge on any atom is 0.232 e. The van der Waals surface area contributed by atoms with Crippen LogP contribution in [0, 0.1) is 0 Å². The normalized spacial score (nSPS) is 9.73. The Labute approximate surface area is 69.6 Å². The third-order valence-corrected chi connectivity index (χ3v) is 1.71. The minimum atomic E-state index is -0.0995. The van der Waals surface area contributed by atoms with E-state index in [0.717, 1.165) is 0 Å². The van der Waals surface area contributed by atoms with Gasteiger partial charge < -0.3 is 9.84 Å². The number of aromatic nitrogens is 1. The Morgan fingerprint density at radius 1 is 1.73 bits per heavy atom. The van der Waals surface area contributed by atoms with Crippen molar-refractivity contribution in [3.8, 4) is 5.88 Å². The van der Waals surface area contributed by atoms with Gasteiger partial charge in [0.15, 0.2) is 0 Å². The Bertz CT molecular complexity index is 230. The van der Waals surface area contributed by atoms with Gasteiger partial charge in [-0.05, 0) is 6.07 Å². The van der Waals surface area contributed by atoms with Crippen LogP contribution in [0.15, 0.2) is 12.3 Å². The summed E-state index contributed by atoms with van der Waals surface area (Å²) in [6.07, 6.45) is 1.54. The molecular formula is C7H8ClNO2. The number of rotatable bonds is 2. The van der Waals surface area contributed by atoms with Gasteiger partial charge in [0, 0.05) is 11.8 Å². The van der Waals surface area contributed by atoms with Crippen LogP contribution in [0.5, 0.6) is 5.88 Å². The lowest BCUT2D eigenvalue weighted by atomic mass is 10.3. The van der Waals surface area contributed by atoms with Gasteiger partial charge >= 0.3 is 0 Å². The molecule has 0 bridgehead atoms. The van der Waals surface area contributed by atoms with E-state index in [1.54, 1.807) is 6.07 Å². The second-order valence-corrected chi connectivity index (χ2v) is 2.33. The van der Waals surface area contributed by atoms with E-state index in [0.29, 0.717) is 16.5 Å². The van der Waals surface area contributed by atoms with Crippen LogP contribution in [-0.2, 0) is 6.61 Å². The number of methoxy groups -OCH3 is 1. The average molecular weight is 174 g/mol. The first kappa shape index (κ1) is 8.30. The highest BCUT2D eigenvalue weighted by molar-refractivity contribution is 6.32. The first-order valence-electron chi connectivity index (χ1n) is 3.07.